The van der Waals surface area contributed by atoms with Gasteiger partial charge in [0.2, 0.25) is 23.6 Å². The summed E-state index contributed by atoms with van der Waals surface area (Å²) in [6, 6.07) is 4.95. The Morgan fingerprint density at radius 3 is 2.36 bits per heavy atom. The van der Waals surface area contributed by atoms with E-state index in [0.717, 1.165) is 5.56 Å². The molecule has 0 saturated heterocycles. The number of hydrogen-bond donors (Lipinski definition) is 8. The van der Waals surface area contributed by atoms with E-state index >= 15 is 0 Å². The van der Waals surface area contributed by atoms with Crippen LogP contribution >= 0.6 is 0 Å². The Morgan fingerprint density at radius 1 is 0.955 bits per heavy atom. The van der Waals surface area contributed by atoms with E-state index in [-0.39, 0.29) is 31.8 Å². The Morgan fingerprint density at radius 2 is 1.68 bits per heavy atom. The smallest absolute Gasteiger partial charge is 0.305 e. The Kier molecular flexibility index (Phi) is 12.6. The fourth-order valence-corrected chi connectivity index (χ4v) is 4.61. The molecule has 1 aliphatic heterocycles. The molecule has 0 radical (unpaired) electrons. The summed E-state index contributed by atoms with van der Waals surface area (Å²) in [7, 11) is 0. The minimum absolute atomic E-state index is 0.123. The molecular weight excluding hydrogens is 574 g/mol. The normalized spacial score (nSPS) is 21.4. The molecule has 1 aromatic heterocycles. The number of carbonyl (C=O) groups excluding carboxylic acids is 4. The van der Waals surface area contributed by atoms with Crippen molar-refractivity contribution in [1.82, 2.24) is 36.3 Å². The second kappa shape index (κ2) is 16.5. The van der Waals surface area contributed by atoms with Gasteiger partial charge in [-0.25, -0.2) is 4.68 Å². The van der Waals surface area contributed by atoms with Crippen molar-refractivity contribution in [1.29, 1.82) is 0 Å². The molecule has 17 heteroatoms. The maximum absolute atomic E-state index is 13.6. The lowest BCUT2D eigenvalue weighted by molar-refractivity contribution is -0.141. The third kappa shape index (κ3) is 10.3. The second-order valence-electron chi connectivity index (χ2n) is 10.3. The second-order valence-corrected chi connectivity index (χ2v) is 10.3. The predicted octanol–water partition coefficient (Wildman–Crippen LogP) is -2.41. The number of amides is 4. The van der Waals surface area contributed by atoms with Crippen molar-refractivity contribution in [3.63, 3.8) is 0 Å². The van der Waals surface area contributed by atoms with Gasteiger partial charge >= 0.3 is 5.97 Å². The molecule has 1 unspecified atom stereocenters. The molecule has 0 fully saturated rings. The molecule has 1 aliphatic rings. The first-order valence-electron chi connectivity index (χ1n) is 14.2. The summed E-state index contributed by atoms with van der Waals surface area (Å²) in [5, 5.41) is 28.1. The van der Waals surface area contributed by atoms with Gasteiger partial charge in [-0.15, -0.1) is 5.10 Å². The number of nitrogens with two attached hydrogens (primary N) is 3. The first-order valence-corrected chi connectivity index (χ1v) is 14.2. The van der Waals surface area contributed by atoms with Crippen LogP contribution in [0.4, 0.5) is 0 Å². The van der Waals surface area contributed by atoms with Crippen LogP contribution in [-0.4, -0.2) is 87.4 Å². The highest BCUT2D eigenvalue weighted by atomic mass is 16.4. The minimum atomic E-state index is -1.45. The average Bonchev–Trinajstić information content (AvgIpc) is 3.46. The van der Waals surface area contributed by atoms with Crippen molar-refractivity contribution in [2.45, 2.75) is 62.7 Å². The van der Waals surface area contributed by atoms with E-state index in [2.05, 4.69) is 36.6 Å². The van der Waals surface area contributed by atoms with E-state index in [1.807, 2.05) is 30.3 Å². The zero-order chi connectivity index (χ0) is 32.1. The topological polar surface area (TPSA) is 275 Å². The fraction of sp³-hybridized carbons (Fsp3) is 0.481. The fourth-order valence-electron chi connectivity index (χ4n) is 4.61. The standard InChI is InChI=1S/C27H39N11O6/c28-10-4-9-21-26(44)34-17(8-5-11-31-27(29)30)24(42)32-14-22(39)33-19(13-23(40)41)25(43)35-18(20-15-38(21)37-36-20)12-16-6-2-1-3-7-16/h1-3,6-7,15,17-19,21H,4-5,8-14,28H2,(H,32,42)(H,33,39)(H,34,44)(H,35,43)(H,40,41)(H4,29,30,31)/t17-,18?,19-,21-/m0/s1. The van der Waals surface area contributed by atoms with E-state index in [9.17, 15) is 29.1 Å². The number of aromatic nitrogens is 3. The molecular formula is C27H39N11O6. The van der Waals surface area contributed by atoms with Gasteiger partial charge in [0, 0.05) is 6.54 Å². The monoisotopic (exact) mass is 613 g/mol. The molecule has 0 aliphatic carbocycles. The molecule has 3 rings (SSSR count). The van der Waals surface area contributed by atoms with Gasteiger partial charge in [0.25, 0.3) is 0 Å². The summed E-state index contributed by atoms with van der Waals surface area (Å²) >= 11 is 0. The zero-order valence-corrected chi connectivity index (χ0v) is 24.1. The lowest BCUT2D eigenvalue weighted by Crippen LogP contribution is -2.53. The Balaban J connectivity index is 2.01. The third-order valence-corrected chi connectivity index (χ3v) is 6.82. The van der Waals surface area contributed by atoms with E-state index in [0.29, 0.717) is 25.1 Å². The lowest BCUT2D eigenvalue weighted by Gasteiger charge is -2.24. The number of carboxylic acid groups (broad SMARTS) is 1. The van der Waals surface area contributed by atoms with Crippen molar-refractivity contribution < 1.29 is 29.1 Å². The van der Waals surface area contributed by atoms with Crippen molar-refractivity contribution in [2.75, 3.05) is 19.6 Å². The van der Waals surface area contributed by atoms with Crippen LogP contribution in [-0.2, 0) is 30.4 Å². The molecule has 238 valence electrons. The SMILES string of the molecule is NCCC[C@H]1C(=O)N[C@@H](CCCN=C(N)N)C(=O)NCC(=O)N[C@@H](CC(=O)O)C(=O)NC(Cc2ccccc2)c2cn1nn2. The van der Waals surface area contributed by atoms with Crippen LogP contribution in [0.15, 0.2) is 41.5 Å². The molecule has 1 aromatic carbocycles. The maximum Gasteiger partial charge on any atom is 0.305 e. The molecule has 2 heterocycles. The Bertz CT molecular complexity index is 1330. The number of nitrogens with one attached hydrogen (secondary N) is 4. The van der Waals surface area contributed by atoms with E-state index in [1.54, 1.807) is 0 Å². The number of guanidine groups is 1. The molecule has 0 saturated carbocycles. The van der Waals surface area contributed by atoms with Crippen LogP contribution < -0.4 is 38.5 Å². The highest BCUT2D eigenvalue weighted by Gasteiger charge is 2.31. The Hall–Kier alpha value is -5.06. The maximum atomic E-state index is 13.6. The van der Waals surface area contributed by atoms with Crippen LogP contribution in [0.2, 0.25) is 0 Å². The summed E-state index contributed by atoms with van der Waals surface area (Å²) in [4.78, 5) is 68.2. The van der Waals surface area contributed by atoms with E-state index in [1.165, 1.54) is 10.9 Å². The lowest BCUT2D eigenvalue weighted by atomic mass is 10.0. The van der Waals surface area contributed by atoms with Gasteiger partial charge in [-0.3, -0.25) is 29.0 Å². The Labute approximate surface area is 253 Å². The van der Waals surface area contributed by atoms with Gasteiger partial charge in [0.1, 0.15) is 23.8 Å². The summed E-state index contributed by atoms with van der Waals surface area (Å²) in [5.74, 6) is -4.22. The van der Waals surface area contributed by atoms with Crippen LogP contribution in [0.5, 0.6) is 0 Å². The van der Waals surface area contributed by atoms with Crippen LogP contribution in [0, 0.1) is 0 Å². The number of hydrogen-bond acceptors (Lipinski definition) is 9. The summed E-state index contributed by atoms with van der Waals surface area (Å²) in [6.07, 6.45) is 2.24. The van der Waals surface area contributed by atoms with Gasteiger partial charge in [-0.2, -0.15) is 0 Å². The average molecular weight is 614 g/mol. The molecule has 4 atom stereocenters. The molecule has 17 nitrogen and oxygen atoms in total. The highest BCUT2D eigenvalue weighted by molar-refractivity contribution is 5.94. The highest BCUT2D eigenvalue weighted by Crippen LogP contribution is 2.21. The number of aliphatic carboxylic acids is 1. The van der Waals surface area contributed by atoms with E-state index in [4.69, 9.17) is 17.2 Å². The number of aliphatic imine (C=N–C) groups is 1. The van der Waals surface area contributed by atoms with E-state index < -0.39 is 66.7 Å². The third-order valence-electron chi connectivity index (χ3n) is 6.82. The molecule has 44 heavy (non-hydrogen) atoms. The van der Waals surface area contributed by atoms with Crippen LogP contribution in [0.3, 0.4) is 0 Å². The number of carbonyl (C=O) groups is 5. The summed E-state index contributed by atoms with van der Waals surface area (Å²) in [6.45, 7) is -0.0880. The molecule has 2 bridgehead atoms. The first-order chi connectivity index (χ1) is 21.1. The quantitative estimate of drug-likeness (QED) is 0.0750. The predicted molar refractivity (Wildman–Crippen MR) is 157 cm³/mol. The minimum Gasteiger partial charge on any atom is -0.481 e. The van der Waals surface area contributed by atoms with Gasteiger partial charge in [-0.1, -0.05) is 35.5 Å². The van der Waals surface area contributed by atoms with Crippen LogP contribution in [0.1, 0.15) is 55.4 Å². The number of nitrogens with zero attached hydrogens (tertiary/aromatic N) is 4. The van der Waals surface area contributed by atoms with Crippen LogP contribution in [0.25, 0.3) is 0 Å². The molecule has 11 N–H and O–H groups in total. The summed E-state index contributed by atoms with van der Waals surface area (Å²) in [5.41, 5.74) is 17.6. The molecule has 0 spiro atoms. The largest absolute Gasteiger partial charge is 0.481 e. The molecule has 4 amide bonds. The van der Waals surface area contributed by atoms with Crippen molar-refractivity contribution in [3.05, 3.63) is 47.8 Å². The van der Waals surface area contributed by atoms with Gasteiger partial charge in [-0.05, 0) is 44.2 Å². The number of fused-ring (bicyclic) bond motifs is 2. The number of carboxylic acids is 1. The van der Waals surface area contributed by atoms with Gasteiger partial charge in [0.15, 0.2) is 5.96 Å². The number of benzene rings is 1. The first kappa shape index (κ1) is 33.4. The van der Waals surface area contributed by atoms with Crippen molar-refractivity contribution in [2.24, 2.45) is 22.2 Å². The van der Waals surface area contributed by atoms with Crippen molar-refractivity contribution in [3.8, 4) is 0 Å². The zero-order valence-electron chi connectivity index (χ0n) is 24.1. The van der Waals surface area contributed by atoms with Gasteiger partial charge < -0.3 is 43.6 Å². The summed E-state index contributed by atoms with van der Waals surface area (Å²) < 4.78 is 1.35. The number of rotatable bonds is 11. The van der Waals surface area contributed by atoms with Crippen molar-refractivity contribution >= 4 is 35.6 Å². The van der Waals surface area contributed by atoms with Gasteiger partial charge in [0.05, 0.1) is 25.2 Å². The molecule has 2 aromatic rings.